The first-order chi connectivity index (χ1) is 12.3. The van der Waals surface area contributed by atoms with Crippen molar-refractivity contribution in [3.05, 3.63) is 24.2 Å². The number of nitrogens with one attached hydrogen (secondary N) is 2. The molecule has 148 valence electrons. The van der Waals surface area contributed by atoms with Gasteiger partial charge in [-0.05, 0) is 31.9 Å². The minimum Gasteiger partial charge on any atom is -0.467 e. The molecule has 2 N–H and O–H groups in total. The summed E-state index contributed by atoms with van der Waals surface area (Å²) < 4.78 is 11.0. The third kappa shape index (κ3) is 5.85. The Hall–Kier alpha value is -0.800. The number of rotatable bonds is 6. The van der Waals surface area contributed by atoms with Gasteiger partial charge in [0.2, 0.25) is 0 Å². The van der Waals surface area contributed by atoms with E-state index in [-0.39, 0.29) is 29.5 Å². The van der Waals surface area contributed by atoms with E-state index in [0.29, 0.717) is 6.54 Å². The van der Waals surface area contributed by atoms with Crippen molar-refractivity contribution in [3.63, 3.8) is 0 Å². The van der Waals surface area contributed by atoms with Crippen molar-refractivity contribution in [1.82, 2.24) is 15.5 Å². The SMILES string of the molecule is CCNC(=NCc1ccco1)NCC1(N2CCOCC2)CCCCC1.I. The van der Waals surface area contributed by atoms with Gasteiger partial charge in [0.25, 0.3) is 0 Å². The van der Waals surface area contributed by atoms with Crippen LogP contribution in [0.5, 0.6) is 0 Å². The number of morpholine rings is 1. The van der Waals surface area contributed by atoms with E-state index in [9.17, 15) is 0 Å². The summed E-state index contributed by atoms with van der Waals surface area (Å²) >= 11 is 0. The van der Waals surface area contributed by atoms with Crippen molar-refractivity contribution in [2.75, 3.05) is 39.4 Å². The molecule has 2 aliphatic rings. The van der Waals surface area contributed by atoms with Crippen LogP contribution in [0.2, 0.25) is 0 Å². The lowest BCUT2D eigenvalue weighted by atomic mass is 9.80. The molecule has 0 aromatic carbocycles. The monoisotopic (exact) mass is 476 g/mol. The van der Waals surface area contributed by atoms with Crippen molar-refractivity contribution in [3.8, 4) is 0 Å². The normalized spacial score (nSPS) is 21.0. The molecule has 1 saturated carbocycles. The van der Waals surface area contributed by atoms with E-state index >= 15 is 0 Å². The summed E-state index contributed by atoms with van der Waals surface area (Å²) in [7, 11) is 0. The molecule has 1 aromatic heterocycles. The largest absolute Gasteiger partial charge is 0.467 e. The maximum atomic E-state index is 5.57. The molecule has 1 aromatic rings. The molecule has 0 amide bonds. The molecule has 0 bridgehead atoms. The molecular weight excluding hydrogens is 443 g/mol. The number of hydrogen-bond acceptors (Lipinski definition) is 4. The number of furan rings is 1. The molecule has 7 heteroatoms. The van der Waals surface area contributed by atoms with Crippen molar-refractivity contribution in [2.24, 2.45) is 4.99 Å². The molecular formula is C19H33IN4O2. The fourth-order valence-corrected chi connectivity index (χ4v) is 4.00. The first kappa shape index (κ1) is 21.5. The van der Waals surface area contributed by atoms with Gasteiger partial charge in [-0.3, -0.25) is 4.90 Å². The second-order valence-electron chi connectivity index (χ2n) is 7.01. The minimum atomic E-state index is 0. The second-order valence-corrected chi connectivity index (χ2v) is 7.01. The summed E-state index contributed by atoms with van der Waals surface area (Å²) in [6, 6.07) is 3.87. The Morgan fingerprint density at radius 1 is 1.19 bits per heavy atom. The molecule has 3 rings (SSSR count). The topological polar surface area (TPSA) is 62.0 Å². The molecule has 6 nitrogen and oxygen atoms in total. The van der Waals surface area contributed by atoms with Crippen molar-refractivity contribution in [2.45, 2.75) is 51.1 Å². The summed E-state index contributed by atoms with van der Waals surface area (Å²) in [5.41, 5.74) is 0.239. The average molecular weight is 476 g/mol. The number of guanidine groups is 1. The fraction of sp³-hybridized carbons (Fsp3) is 0.737. The third-order valence-electron chi connectivity index (χ3n) is 5.37. The lowest BCUT2D eigenvalue weighted by molar-refractivity contribution is -0.0352. The van der Waals surface area contributed by atoms with E-state index in [2.05, 4.69) is 27.4 Å². The van der Waals surface area contributed by atoms with Gasteiger partial charge in [0.1, 0.15) is 12.3 Å². The van der Waals surface area contributed by atoms with E-state index in [1.54, 1.807) is 6.26 Å². The van der Waals surface area contributed by atoms with E-state index in [4.69, 9.17) is 9.15 Å². The Bertz CT molecular complexity index is 524. The first-order valence-corrected chi connectivity index (χ1v) is 9.70. The zero-order chi connectivity index (χ0) is 17.4. The molecule has 2 fully saturated rings. The third-order valence-corrected chi connectivity index (χ3v) is 5.37. The molecule has 1 aliphatic heterocycles. The van der Waals surface area contributed by atoms with Crippen LogP contribution < -0.4 is 10.6 Å². The predicted molar refractivity (Wildman–Crippen MR) is 115 cm³/mol. The lowest BCUT2D eigenvalue weighted by Gasteiger charge is -2.48. The van der Waals surface area contributed by atoms with Crippen LogP contribution in [0.15, 0.2) is 27.8 Å². The van der Waals surface area contributed by atoms with Gasteiger partial charge in [-0.2, -0.15) is 0 Å². The zero-order valence-electron chi connectivity index (χ0n) is 15.8. The molecule has 0 spiro atoms. The Morgan fingerprint density at radius 3 is 2.62 bits per heavy atom. The van der Waals surface area contributed by atoms with Gasteiger partial charge < -0.3 is 19.8 Å². The highest BCUT2D eigenvalue weighted by Crippen LogP contribution is 2.33. The number of halogens is 1. The van der Waals surface area contributed by atoms with Crippen LogP contribution in [0.25, 0.3) is 0 Å². The minimum absolute atomic E-state index is 0. The standard InChI is InChI=1S/C19H32N4O2.HI/c1-2-20-18(21-15-17-7-6-12-25-17)22-16-19(8-4-3-5-9-19)23-10-13-24-14-11-23;/h6-7,12H,2-5,8-11,13-16H2,1H3,(H2,20,21,22);1H. The Morgan fingerprint density at radius 2 is 1.96 bits per heavy atom. The van der Waals surface area contributed by atoms with Gasteiger partial charge in [0, 0.05) is 31.7 Å². The van der Waals surface area contributed by atoms with Crippen LogP contribution in [0.4, 0.5) is 0 Å². The quantitative estimate of drug-likeness (QED) is 0.376. The predicted octanol–water partition coefficient (Wildman–Crippen LogP) is 2.99. The van der Waals surface area contributed by atoms with Crippen molar-refractivity contribution < 1.29 is 9.15 Å². The highest BCUT2D eigenvalue weighted by Gasteiger charge is 2.38. The number of hydrogen-bond donors (Lipinski definition) is 2. The Labute approximate surface area is 174 Å². The van der Waals surface area contributed by atoms with E-state index in [0.717, 1.165) is 51.1 Å². The smallest absolute Gasteiger partial charge is 0.191 e. The first-order valence-electron chi connectivity index (χ1n) is 9.70. The fourth-order valence-electron chi connectivity index (χ4n) is 4.00. The van der Waals surface area contributed by atoms with Crippen molar-refractivity contribution in [1.29, 1.82) is 0 Å². The molecule has 0 unspecified atom stereocenters. The Balaban J connectivity index is 0.00000243. The van der Waals surface area contributed by atoms with E-state index in [1.807, 2.05) is 12.1 Å². The van der Waals surface area contributed by atoms with Crippen LogP contribution in [0, 0.1) is 0 Å². The van der Waals surface area contributed by atoms with Gasteiger partial charge in [-0.25, -0.2) is 4.99 Å². The summed E-state index contributed by atoms with van der Waals surface area (Å²) in [6.45, 7) is 8.26. The summed E-state index contributed by atoms with van der Waals surface area (Å²) in [4.78, 5) is 7.33. The van der Waals surface area contributed by atoms with Crippen LogP contribution in [0.1, 0.15) is 44.8 Å². The number of aliphatic imine (C=N–C) groups is 1. The Kier molecular flexibility index (Phi) is 9.21. The molecule has 2 heterocycles. The van der Waals surface area contributed by atoms with Gasteiger partial charge in [-0.15, -0.1) is 24.0 Å². The second kappa shape index (κ2) is 11.1. The summed E-state index contributed by atoms with van der Waals surface area (Å²) in [5.74, 6) is 1.76. The van der Waals surface area contributed by atoms with Gasteiger partial charge in [0.15, 0.2) is 5.96 Å². The molecule has 1 aliphatic carbocycles. The molecule has 0 atom stereocenters. The highest BCUT2D eigenvalue weighted by molar-refractivity contribution is 14.0. The maximum absolute atomic E-state index is 5.57. The number of nitrogens with zero attached hydrogens (tertiary/aromatic N) is 2. The van der Waals surface area contributed by atoms with Crippen LogP contribution >= 0.6 is 24.0 Å². The maximum Gasteiger partial charge on any atom is 0.191 e. The molecule has 0 radical (unpaired) electrons. The van der Waals surface area contributed by atoms with Crippen LogP contribution in [0.3, 0.4) is 0 Å². The number of ether oxygens (including phenoxy) is 1. The zero-order valence-corrected chi connectivity index (χ0v) is 18.2. The highest BCUT2D eigenvalue weighted by atomic mass is 127. The van der Waals surface area contributed by atoms with Crippen LogP contribution in [-0.4, -0.2) is 55.8 Å². The van der Waals surface area contributed by atoms with Crippen molar-refractivity contribution >= 4 is 29.9 Å². The summed E-state index contributed by atoms with van der Waals surface area (Å²) in [6.07, 6.45) is 8.22. The summed E-state index contributed by atoms with van der Waals surface area (Å²) in [5, 5.41) is 6.96. The average Bonchev–Trinajstić information content (AvgIpc) is 3.19. The van der Waals surface area contributed by atoms with Crippen LogP contribution in [-0.2, 0) is 11.3 Å². The van der Waals surface area contributed by atoms with Gasteiger partial charge >= 0.3 is 0 Å². The van der Waals surface area contributed by atoms with E-state index in [1.165, 1.54) is 32.1 Å². The van der Waals surface area contributed by atoms with Gasteiger partial charge in [0.05, 0.1) is 19.5 Å². The van der Waals surface area contributed by atoms with E-state index < -0.39 is 0 Å². The molecule has 1 saturated heterocycles. The molecule has 26 heavy (non-hydrogen) atoms. The lowest BCUT2D eigenvalue weighted by Crippen LogP contribution is -2.60. The van der Waals surface area contributed by atoms with Gasteiger partial charge in [-0.1, -0.05) is 19.3 Å².